The highest BCUT2D eigenvalue weighted by atomic mass is 16.6. The van der Waals surface area contributed by atoms with Gasteiger partial charge in [0.1, 0.15) is 5.60 Å². The summed E-state index contributed by atoms with van der Waals surface area (Å²) >= 11 is 0. The molecule has 5 heteroatoms. The summed E-state index contributed by atoms with van der Waals surface area (Å²) in [6.45, 7) is 10.7. The van der Waals surface area contributed by atoms with Crippen LogP contribution in [0.5, 0.6) is 0 Å². The highest BCUT2D eigenvalue weighted by molar-refractivity contribution is 5.93. The van der Waals surface area contributed by atoms with Gasteiger partial charge in [-0.3, -0.25) is 4.79 Å². The van der Waals surface area contributed by atoms with E-state index in [1.54, 1.807) is 4.90 Å². The standard InChI is InChI=1S/C19H28N2O3/c1-13-8-9-16(11-14(13)2)20-17(22)15-7-6-10-21(12-15)18(23)24-19(3,4)5/h8-9,11,15H,6-7,10,12H2,1-5H3,(H,20,22). The summed E-state index contributed by atoms with van der Waals surface area (Å²) in [5, 5.41) is 2.97. The summed E-state index contributed by atoms with van der Waals surface area (Å²) in [5.41, 5.74) is 2.62. The molecule has 2 amide bonds. The minimum absolute atomic E-state index is 0.0356. The number of carbonyl (C=O) groups excluding carboxylic acids is 2. The smallest absolute Gasteiger partial charge is 0.410 e. The predicted molar refractivity (Wildman–Crippen MR) is 95.1 cm³/mol. The number of rotatable bonds is 2. The fourth-order valence-electron chi connectivity index (χ4n) is 2.75. The maximum absolute atomic E-state index is 12.5. The van der Waals surface area contributed by atoms with Gasteiger partial charge < -0.3 is 15.0 Å². The van der Waals surface area contributed by atoms with E-state index in [1.165, 1.54) is 5.56 Å². The molecule has 1 fully saturated rings. The lowest BCUT2D eigenvalue weighted by molar-refractivity contribution is -0.121. The van der Waals surface area contributed by atoms with E-state index in [4.69, 9.17) is 4.74 Å². The fraction of sp³-hybridized carbons (Fsp3) is 0.579. The van der Waals surface area contributed by atoms with E-state index in [2.05, 4.69) is 5.32 Å². The third kappa shape index (κ3) is 4.98. The molecule has 1 aromatic rings. The van der Waals surface area contributed by atoms with Crippen molar-refractivity contribution in [3.63, 3.8) is 0 Å². The van der Waals surface area contributed by atoms with Gasteiger partial charge in [0.05, 0.1) is 5.92 Å². The van der Waals surface area contributed by atoms with Gasteiger partial charge in [0.15, 0.2) is 0 Å². The van der Waals surface area contributed by atoms with Crippen LogP contribution in [0, 0.1) is 19.8 Å². The first-order chi connectivity index (χ1) is 11.2. The highest BCUT2D eigenvalue weighted by Gasteiger charge is 2.31. The van der Waals surface area contributed by atoms with Crippen molar-refractivity contribution in [3.05, 3.63) is 29.3 Å². The monoisotopic (exact) mass is 332 g/mol. The van der Waals surface area contributed by atoms with E-state index in [9.17, 15) is 9.59 Å². The quantitative estimate of drug-likeness (QED) is 0.894. The third-order valence-electron chi connectivity index (χ3n) is 4.22. The maximum Gasteiger partial charge on any atom is 0.410 e. The highest BCUT2D eigenvalue weighted by Crippen LogP contribution is 2.22. The summed E-state index contributed by atoms with van der Waals surface area (Å²) in [4.78, 5) is 26.4. The molecule has 132 valence electrons. The number of nitrogens with zero attached hydrogens (tertiary/aromatic N) is 1. The van der Waals surface area contributed by atoms with Gasteiger partial charge >= 0.3 is 6.09 Å². The SMILES string of the molecule is Cc1ccc(NC(=O)C2CCCN(C(=O)OC(C)(C)C)C2)cc1C. The van der Waals surface area contributed by atoms with Crippen LogP contribution in [0.1, 0.15) is 44.7 Å². The Morgan fingerprint density at radius 2 is 1.92 bits per heavy atom. The normalized spacial score (nSPS) is 18.2. The van der Waals surface area contributed by atoms with Crippen molar-refractivity contribution >= 4 is 17.7 Å². The number of likely N-dealkylation sites (tertiary alicyclic amines) is 1. The van der Waals surface area contributed by atoms with Gasteiger partial charge in [0.2, 0.25) is 5.91 Å². The molecule has 0 radical (unpaired) electrons. The number of hydrogen-bond acceptors (Lipinski definition) is 3. The second kappa shape index (κ2) is 7.24. The number of benzene rings is 1. The minimum atomic E-state index is -0.522. The molecule has 1 heterocycles. The predicted octanol–water partition coefficient (Wildman–Crippen LogP) is 3.89. The van der Waals surface area contributed by atoms with Gasteiger partial charge in [-0.1, -0.05) is 6.07 Å². The summed E-state index contributed by atoms with van der Waals surface area (Å²) in [7, 11) is 0. The van der Waals surface area contributed by atoms with Crippen molar-refractivity contribution < 1.29 is 14.3 Å². The maximum atomic E-state index is 12.5. The van der Waals surface area contributed by atoms with Crippen LogP contribution in [0.2, 0.25) is 0 Å². The third-order valence-corrected chi connectivity index (χ3v) is 4.22. The molecule has 0 bridgehead atoms. The zero-order valence-electron chi connectivity index (χ0n) is 15.3. The van der Waals surface area contributed by atoms with Crippen molar-refractivity contribution in [2.24, 2.45) is 5.92 Å². The van der Waals surface area contributed by atoms with E-state index >= 15 is 0 Å². The molecule has 2 rings (SSSR count). The summed E-state index contributed by atoms with van der Waals surface area (Å²) in [6.07, 6.45) is 1.26. The molecule has 1 N–H and O–H groups in total. The second-order valence-electron chi connectivity index (χ2n) is 7.55. The number of carbonyl (C=O) groups is 2. The van der Waals surface area contributed by atoms with Crippen LogP contribution >= 0.6 is 0 Å². The molecular weight excluding hydrogens is 304 g/mol. The molecular formula is C19H28N2O3. The lowest BCUT2D eigenvalue weighted by atomic mass is 9.97. The number of aryl methyl sites for hydroxylation is 2. The zero-order chi connectivity index (χ0) is 17.9. The van der Waals surface area contributed by atoms with Gasteiger partial charge in [-0.25, -0.2) is 4.79 Å². The average Bonchev–Trinajstić information content (AvgIpc) is 2.49. The Kier molecular flexibility index (Phi) is 5.52. The molecule has 1 aromatic carbocycles. The molecule has 24 heavy (non-hydrogen) atoms. The molecule has 1 aliphatic heterocycles. The molecule has 0 saturated carbocycles. The first-order valence-electron chi connectivity index (χ1n) is 8.52. The van der Waals surface area contributed by atoms with Gasteiger partial charge in [-0.15, -0.1) is 0 Å². The first-order valence-corrected chi connectivity index (χ1v) is 8.52. The van der Waals surface area contributed by atoms with E-state index in [-0.39, 0.29) is 17.9 Å². The summed E-state index contributed by atoms with van der Waals surface area (Å²) in [6, 6.07) is 5.88. The van der Waals surface area contributed by atoms with Crippen LogP contribution in [0.25, 0.3) is 0 Å². The molecule has 0 spiro atoms. The van der Waals surface area contributed by atoms with Crippen molar-refractivity contribution in [3.8, 4) is 0 Å². The zero-order valence-corrected chi connectivity index (χ0v) is 15.3. The largest absolute Gasteiger partial charge is 0.444 e. The Labute approximate surface area is 144 Å². The Bertz CT molecular complexity index is 620. The molecule has 0 aliphatic carbocycles. The number of anilines is 1. The van der Waals surface area contributed by atoms with Crippen LogP contribution in [0.3, 0.4) is 0 Å². The second-order valence-corrected chi connectivity index (χ2v) is 7.55. The van der Waals surface area contributed by atoms with Crippen LogP contribution in [0.15, 0.2) is 18.2 Å². The van der Waals surface area contributed by atoms with E-state index in [0.29, 0.717) is 13.1 Å². The first kappa shape index (κ1) is 18.3. The number of nitrogens with one attached hydrogen (secondary N) is 1. The Hall–Kier alpha value is -2.04. The summed E-state index contributed by atoms with van der Waals surface area (Å²) < 4.78 is 5.41. The molecule has 0 aromatic heterocycles. The van der Waals surface area contributed by atoms with E-state index < -0.39 is 5.60 Å². The number of ether oxygens (including phenoxy) is 1. The van der Waals surface area contributed by atoms with Crippen molar-refractivity contribution in [1.29, 1.82) is 0 Å². The molecule has 1 atom stereocenters. The van der Waals surface area contributed by atoms with E-state index in [0.717, 1.165) is 24.1 Å². The molecule has 1 aliphatic rings. The molecule has 5 nitrogen and oxygen atoms in total. The van der Waals surface area contributed by atoms with Gasteiger partial charge in [0.25, 0.3) is 0 Å². The minimum Gasteiger partial charge on any atom is -0.444 e. The topological polar surface area (TPSA) is 58.6 Å². The van der Waals surface area contributed by atoms with E-state index in [1.807, 2.05) is 52.8 Å². The average molecular weight is 332 g/mol. The Balaban J connectivity index is 1.97. The van der Waals surface area contributed by atoms with Crippen LogP contribution < -0.4 is 5.32 Å². The lowest BCUT2D eigenvalue weighted by Gasteiger charge is -2.33. The van der Waals surface area contributed by atoms with Crippen LogP contribution in [0.4, 0.5) is 10.5 Å². The van der Waals surface area contributed by atoms with Crippen molar-refractivity contribution in [1.82, 2.24) is 4.90 Å². The van der Waals surface area contributed by atoms with Gasteiger partial charge in [-0.05, 0) is 70.7 Å². The van der Waals surface area contributed by atoms with Crippen LogP contribution in [-0.2, 0) is 9.53 Å². The number of amides is 2. The Morgan fingerprint density at radius 1 is 1.21 bits per heavy atom. The molecule has 1 saturated heterocycles. The molecule has 1 unspecified atom stereocenters. The Morgan fingerprint density at radius 3 is 2.54 bits per heavy atom. The van der Waals surface area contributed by atoms with Crippen LogP contribution in [-0.4, -0.2) is 35.6 Å². The lowest BCUT2D eigenvalue weighted by Crippen LogP contribution is -2.45. The summed E-state index contributed by atoms with van der Waals surface area (Å²) in [5.74, 6) is -0.237. The van der Waals surface area contributed by atoms with Crippen molar-refractivity contribution in [2.75, 3.05) is 18.4 Å². The fourth-order valence-corrected chi connectivity index (χ4v) is 2.75. The number of hydrogen-bond donors (Lipinski definition) is 1. The van der Waals surface area contributed by atoms with Crippen molar-refractivity contribution in [2.45, 2.75) is 53.1 Å². The van der Waals surface area contributed by atoms with Gasteiger partial charge in [0, 0.05) is 18.8 Å². The number of piperidine rings is 1. The van der Waals surface area contributed by atoms with Gasteiger partial charge in [-0.2, -0.15) is 0 Å².